The van der Waals surface area contributed by atoms with Crippen molar-refractivity contribution >= 4 is 28.8 Å². The topological polar surface area (TPSA) is 41.1 Å². The largest absolute Gasteiger partial charge is 0.378 e. The first-order valence-electron chi connectivity index (χ1n) is 8.43. The summed E-state index contributed by atoms with van der Waals surface area (Å²) in [6, 6.07) is 13.0. The number of anilines is 1. The number of amides is 1. The van der Waals surface area contributed by atoms with Gasteiger partial charge in [0.05, 0.1) is 10.9 Å². The molecule has 3 rings (SSSR count). The van der Waals surface area contributed by atoms with Gasteiger partial charge in [-0.05, 0) is 36.6 Å². The normalized spacial score (nSPS) is 19.6. The summed E-state index contributed by atoms with van der Waals surface area (Å²) >= 11 is 5.37. The van der Waals surface area contributed by atoms with Gasteiger partial charge in [0, 0.05) is 23.7 Å². The van der Waals surface area contributed by atoms with Crippen molar-refractivity contribution < 1.29 is 9.18 Å². The standard InChI is InChI=1S/C20H21FN2OS/c1-3-13-7-9-14(10-8-13)15-11-22-20(25)18(15)19(24)23-17-6-4-5-16(21)12(17)2/h4-10,15,18H,3,11H2,1-2H3,(H,22,25)(H,23,24)/t15-,18+/m1/s1. The van der Waals surface area contributed by atoms with Crippen LogP contribution in [0.1, 0.15) is 29.5 Å². The number of thiocarbonyl (C=S) groups is 1. The van der Waals surface area contributed by atoms with Crippen molar-refractivity contribution in [2.45, 2.75) is 26.2 Å². The van der Waals surface area contributed by atoms with E-state index in [2.05, 4.69) is 41.8 Å². The van der Waals surface area contributed by atoms with Gasteiger partial charge in [-0.3, -0.25) is 4.79 Å². The second kappa shape index (κ2) is 7.31. The van der Waals surface area contributed by atoms with Crippen LogP contribution in [0.25, 0.3) is 0 Å². The molecule has 0 radical (unpaired) electrons. The van der Waals surface area contributed by atoms with Crippen molar-refractivity contribution in [3.8, 4) is 0 Å². The van der Waals surface area contributed by atoms with Crippen LogP contribution in [0, 0.1) is 18.7 Å². The Balaban J connectivity index is 1.83. The van der Waals surface area contributed by atoms with E-state index in [1.807, 2.05) is 0 Å². The molecule has 2 aromatic carbocycles. The predicted octanol–water partition coefficient (Wildman–Crippen LogP) is 3.97. The Morgan fingerprint density at radius 2 is 2.00 bits per heavy atom. The molecule has 0 aromatic heterocycles. The highest BCUT2D eigenvalue weighted by atomic mass is 32.1. The summed E-state index contributed by atoms with van der Waals surface area (Å²) in [4.78, 5) is 13.4. The lowest BCUT2D eigenvalue weighted by Gasteiger charge is -2.19. The van der Waals surface area contributed by atoms with Crippen molar-refractivity contribution in [1.29, 1.82) is 0 Å². The molecular formula is C20H21FN2OS. The molecule has 0 saturated carbocycles. The van der Waals surface area contributed by atoms with Crippen molar-refractivity contribution in [3.63, 3.8) is 0 Å². The maximum atomic E-state index is 13.7. The Kier molecular flexibility index (Phi) is 5.13. The van der Waals surface area contributed by atoms with Crippen molar-refractivity contribution in [2.75, 3.05) is 11.9 Å². The monoisotopic (exact) mass is 356 g/mol. The molecule has 1 aliphatic heterocycles. The molecule has 0 unspecified atom stereocenters. The van der Waals surface area contributed by atoms with Gasteiger partial charge in [0.1, 0.15) is 5.82 Å². The number of benzene rings is 2. The number of aryl methyl sites for hydroxylation is 1. The predicted molar refractivity (Wildman–Crippen MR) is 102 cm³/mol. The van der Waals surface area contributed by atoms with Gasteiger partial charge in [0.25, 0.3) is 0 Å². The lowest BCUT2D eigenvalue weighted by Crippen LogP contribution is -2.31. The third-order valence-electron chi connectivity index (χ3n) is 4.81. The SMILES string of the molecule is CCc1ccc([C@H]2CNC(=S)[C@@H]2C(=O)Nc2cccc(F)c2C)cc1. The summed E-state index contributed by atoms with van der Waals surface area (Å²) in [7, 11) is 0. The van der Waals surface area contributed by atoms with Gasteiger partial charge in [-0.15, -0.1) is 0 Å². The molecule has 130 valence electrons. The van der Waals surface area contributed by atoms with Gasteiger partial charge in [-0.1, -0.05) is 49.5 Å². The van der Waals surface area contributed by atoms with Crippen molar-refractivity contribution in [3.05, 3.63) is 65.0 Å². The third kappa shape index (κ3) is 3.56. The average Bonchev–Trinajstić information content (AvgIpc) is 3.00. The van der Waals surface area contributed by atoms with E-state index in [1.165, 1.54) is 11.6 Å². The Morgan fingerprint density at radius 3 is 2.68 bits per heavy atom. The van der Waals surface area contributed by atoms with Crippen molar-refractivity contribution in [1.82, 2.24) is 5.32 Å². The number of hydrogen-bond acceptors (Lipinski definition) is 2. The highest BCUT2D eigenvalue weighted by Crippen LogP contribution is 2.31. The summed E-state index contributed by atoms with van der Waals surface area (Å²) in [6.45, 7) is 4.39. The van der Waals surface area contributed by atoms with Crippen LogP contribution >= 0.6 is 12.2 Å². The number of carbonyl (C=O) groups is 1. The lowest BCUT2D eigenvalue weighted by molar-refractivity contribution is -0.118. The van der Waals surface area contributed by atoms with Crippen LogP contribution in [0.15, 0.2) is 42.5 Å². The molecule has 2 N–H and O–H groups in total. The molecule has 3 nitrogen and oxygen atoms in total. The fourth-order valence-corrected chi connectivity index (χ4v) is 3.54. The number of hydrogen-bond donors (Lipinski definition) is 2. The van der Waals surface area contributed by atoms with Gasteiger partial charge in [0.2, 0.25) is 5.91 Å². The molecule has 25 heavy (non-hydrogen) atoms. The van der Waals surface area contributed by atoms with E-state index in [1.54, 1.807) is 19.1 Å². The zero-order chi connectivity index (χ0) is 18.0. The van der Waals surface area contributed by atoms with Crippen LogP contribution in [-0.4, -0.2) is 17.4 Å². The first-order chi connectivity index (χ1) is 12.0. The fraction of sp³-hybridized carbons (Fsp3) is 0.300. The van der Waals surface area contributed by atoms with E-state index < -0.39 is 5.92 Å². The molecule has 1 fully saturated rings. The number of nitrogens with one attached hydrogen (secondary N) is 2. The first kappa shape index (κ1) is 17.5. The Morgan fingerprint density at radius 1 is 1.28 bits per heavy atom. The fourth-order valence-electron chi connectivity index (χ4n) is 3.19. The van der Waals surface area contributed by atoms with Crippen LogP contribution in [0.3, 0.4) is 0 Å². The van der Waals surface area contributed by atoms with Gasteiger partial charge < -0.3 is 10.6 Å². The highest BCUT2D eigenvalue weighted by molar-refractivity contribution is 7.80. The molecule has 1 saturated heterocycles. The molecule has 0 aliphatic carbocycles. The van der Waals surface area contributed by atoms with Crippen LogP contribution < -0.4 is 10.6 Å². The molecule has 1 heterocycles. The summed E-state index contributed by atoms with van der Waals surface area (Å²) in [5.74, 6) is -1.01. The number of halogens is 1. The highest BCUT2D eigenvalue weighted by Gasteiger charge is 2.38. The molecule has 0 spiro atoms. The molecule has 2 aromatic rings. The smallest absolute Gasteiger partial charge is 0.235 e. The van der Waals surface area contributed by atoms with Crippen molar-refractivity contribution in [2.24, 2.45) is 5.92 Å². The van der Waals surface area contributed by atoms with Crippen LogP contribution in [0.5, 0.6) is 0 Å². The Hall–Kier alpha value is -2.27. The van der Waals surface area contributed by atoms with Gasteiger partial charge in [-0.25, -0.2) is 4.39 Å². The first-order valence-corrected chi connectivity index (χ1v) is 8.84. The zero-order valence-electron chi connectivity index (χ0n) is 14.3. The zero-order valence-corrected chi connectivity index (χ0v) is 15.1. The second-order valence-electron chi connectivity index (χ2n) is 6.33. The van der Waals surface area contributed by atoms with E-state index >= 15 is 0 Å². The molecule has 2 atom stereocenters. The van der Waals surface area contributed by atoms with E-state index in [0.29, 0.717) is 22.8 Å². The molecule has 5 heteroatoms. The van der Waals surface area contributed by atoms with E-state index in [4.69, 9.17) is 12.2 Å². The summed E-state index contributed by atoms with van der Waals surface area (Å²) in [5, 5.41) is 5.98. The average molecular weight is 356 g/mol. The Bertz CT molecular complexity index is 804. The van der Waals surface area contributed by atoms with Crippen LogP contribution in [-0.2, 0) is 11.2 Å². The minimum Gasteiger partial charge on any atom is -0.378 e. The minimum absolute atomic E-state index is 0.0210. The van der Waals surface area contributed by atoms with E-state index in [-0.39, 0.29) is 17.6 Å². The summed E-state index contributed by atoms with van der Waals surface area (Å²) < 4.78 is 13.7. The minimum atomic E-state index is -0.454. The van der Waals surface area contributed by atoms with E-state index in [0.717, 1.165) is 12.0 Å². The third-order valence-corrected chi connectivity index (χ3v) is 5.20. The maximum Gasteiger partial charge on any atom is 0.235 e. The van der Waals surface area contributed by atoms with Gasteiger partial charge >= 0.3 is 0 Å². The molecule has 1 amide bonds. The maximum absolute atomic E-state index is 13.7. The lowest BCUT2D eigenvalue weighted by atomic mass is 9.87. The summed E-state index contributed by atoms with van der Waals surface area (Å²) in [6.07, 6.45) is 0.977. The summed E-state index contributed by atoms with van der Waals surface area (Å²) in [5.41, 5.74) is 3.26. The second-order valence-corrected chi connectivity index (χ2v) is 6.77. The van der Waals surface area contributed by atoms with Gasteiger partial charge in [0.15, 0.2) is 0 Å². The Labute approximate surface area is 152 Å². The number of rotatable bonds is 4. The molecule has 1 aliphatic rings. The van der Waals surface area contributed by atoms with Crippen LogP contribution in [0.4, 0.5) is 10.1 Å². The quantitative estimate of drug-likeness (QED) is 0.815. The molecule has 0 bridgehead atoms. The van der Waals surface area contributed by atoms with E-state index in [9.17, 15) is 9.18 Å². The van der Waals surface area contributed by atoms with Gasteiger partial charge in [-0.2, -0.15) is 0 Å². The molecular weight excluding hydrogens is 335 g/mol. The number of carbonyl (C=O) groups excluding carboxylic acids is 1. The van der Waals surface area contributed by atoms with Crippen LogP contribution in [0.2, 0.25) is 0 Å².